The molecule has 0 N–H and O–H groups in total. The molecule has 2 heterocycles. The topological polar surface area (TPSA) is 52.2 Å². The largest absolute Gasteiger partial charge is 0.319 e. The summed E-state index contributed by atoms with van der Waals surface area (Å²) < 4.78 is 4.91. The Labute approximate surface area is 138 Å². The third-order valence-corrected chi connectivity index (χ3v) is 4.94. The number of aryl methyl sites for hydroxylation is 2. The Morgan fingerprint density at radius 3 is 2.78 bits per heavy atom. The highest BCUT2D eigenvalue weighted by molar-refractivity contribution is 7.16. The summed E-state index contributed by atoms with van der Waals surface area (Å²) in [4.78, 5) is 17.4. The Bertz CT molecular complexity index is 930. The predicted octanol–water partition coefficient (Wildman–Crippen LogP) is 3.32. The highest BCUT2D eigenvalue weighted by atomic mass is 32.1. The number of carbonyl (C=O) groups is 1. The van der Waals surface area contributed by atoms with Gasteiger partial charge in [-0.05, 0) is 38.0 Å². The summed E-state index contributed by atoms with van der Waals surface area (Å²) in [6.45, 7) is 6.18. The maximum absolute atomic E-state index is 12.4. The van der Waals surface area contributed by atoms with Crippen molar-refractivity contribution in [2.75, 3.05) is 0 Å². The van der Waals surface area contributed by atoms with Crippen molar-refractivity contribution < 1.29 is 4.79 Å². The van der Waals surface area contributed by atoms with E-state index in [1.807, 2.05) is 37.7 Å². The fourth-order valence-corrected chi connectivity index (χ4v) is 3.63. The fourth-order valence-electron chi connectivity index (χ4n) is 2.56. The van der Waals surface area contributed by atoms with E-state index in [0.717, 1.165) is 16.6 Å². The minimum absolute atomic E-state index is 0.226. The van der Waals surface area contributed by atoms with Crippen molar-refractivity contribution in [3.63, 3.8) is 0 Å². The lowest BCUT2D eigenvalue weighted by molar-refractivity contribution is 0.0992. The summed E-state index contributed by atoms with van der Waals surface area (Å²) in [6, 6.07) is 8.18. The van der Waals surface area contributed by atoms with Gasteiger partial charge in [-0.25, -0.2) is 0 Å². The van der Waals surface area contributed by atoms with Crippen LogP contribution in [0.2, 0.25) is 0 Å². The molecule has 2 aromatic heterocycles. The van der Waals surface area contributed by atoms with Gasteiger partial charge >= 0.3 is 0 Å². The van der Waals surface area contributed by atoms with Crippen LogP contribution < -0.4 is 4.80 Å². The third kappa shape index (κ3) is 2.86. The third-order valence-electron chi connectivity index (χ3n) is 3.84. The first-order valence-corrected chi connectivity index (χ1v) is 8.54. The molecule has 0 radical (unpaired) electrons. The average molecular weight is 328 g/mol. The number of aromatic nitrogens is 3. The van der Waals surface area contributed by atoms with Crippen LogP contribution >= 0.6 is 11.3 Å². The lowest BCUT2D eigenvalue weighted by Gasteiger charge is -2.02. The Balaban J connectivity index is 2.06. The Kier molecular flexibility index (Phi) is 4.17. The number of benzene rings is 1. The number of fused-ring (bicyclic) bond motifs is 1. The van der Waals surface area contributed by atoms with Gasteiger partial charge in [-0.3, -0.25) is 9.48 Å². The van der Waals surface area contributed by atoms with Crippen LogP contribution in [0.15, 0.2) is 35.5 Å². The van der Waals surface area contributed by atoms with Crippen molar-refractivity contribution in [2.24, 2.45) is 12.0 Å². The summed E-state index contributed by atoms with van der Waals surface area (Å²) in [7, 11) is 1.96. The lowest BCUT2D eigenvalue weighted by atomic mass is 10.1. The second kappa shape index (κ2) is 6.12. The van der Waals surface area contributed by atoms with Crippen LogP contribution in [0.3, 0.4) is 0 Å². The molecule has 0 bridgehead atoms. The number of carbonyl (C=O) groups excluding carboxylic acids is 1. The zero-order chi connectivity index (χ0) is 16.6. The van der Waals surface area contributed by atoms with Crippen molar-refractivity contribution in [3.8, 4) is 0 Å². The molecule has 0 aliphatic heterocycles. The van der Waals surface area contributed by atoms with Crippen LogP contribution in [-0.2, 0) is 13.5 Å². The van der Waals surface area contributed by atoms with Gasteiger partial charge in [0.2, 0.25) is 0 Å². The van der Waals surface area contributed by atoms with Gasteiger partial charge < -0.3 is 4.57 Å². The van der Waals surface area contributed by atoms with E-state index < -0.39 is 0 Å². The van der Waals surface area contributed by atoms with Crippen molar-refractivity contribution in [2.45, 2.75) is 33.2 Å². The van der Waals surface area contributed by atoms with Crippen molar-refractivity contribution in [3.05, 3.63) is 46.5 Å². The normalized spacial score (nSPS) is 12.5. The number of thiazole rings is 1. The molecule has 120 valence electrons. The molecule has 0 saturated heterocycles. The molecule has 6 heteroatoms. The molecule has 3 aromatic rings. The Morgan fingerprint density at radius 1 is 1.35 bits per heavy atom. The van der Waals surface area contributed by atoms with E-state index in [2.05, 4.69) is 29.1 Å². The van der Waals surface area contributed by atoms with Crippen molar-refractivity contribution >= 4 is 27.5 Å². The van der Waals surface area contributed by atoms with Gasteiger partial charge in [0.05, 0.1) is 10.2 Å². The maximum atomic E-state index is 12.4. The first-order chi connectivity index (χ1) is 11.0. The van der Waals surface area contributed by atoms with E-state index in [4.69, 9.17) is 0 Å². The van der Waals surface area contributed by atoms with Crippen LogP contribution in [0.25, 0.3) is 10.2 Å². The van der Waals surface area contributed by atoms with E-state index in [-0.39, 0.29) is 11.9 Å². The number of hydrogen-bond donors (Lipinski definition) is 0. The molecule has 1 aromatic carbocycles. The van der Waals surface area contributed by atoms with Crippen molar-refractivity contribution in [1.82, 2.24) is 14.3 Å². The molecule has 1 amide bonds. The number of rotatable bonds is 3. The molecule has 0 fully saturated rings. The minimum atomic E-state index is -0.301. The highest BCUT2D eigenvalue weighted by Gasteiger charge is 2.12. The van der Waals surface area contributed by atoms with E-state index in [1.165, 1.54) is 16.9 Å². The minimum Gasteiger partial charge on any atom is -0.319 e. The molecule has 3 rings (SSSR count). The Hall–Kier alpha value is -2.21. The molecule has 0 aliphatic rings. The van der Waals surface area contributed by atoms with Crippen LogP contribution in [0.1, 0.15) is 42.9 Å². The number of para-hydroxylation sites is 1. The van der Waals surface area contributed by atoms with Gasteiger partial charge in [0.15, 0.2) is 10.5 Å². The first kappa shape index (κ1) is 15.7. The summed E-state index contributed by atoms with van der Waals surface area (Å²) in [5, 5.41) is 4.29. The van der Waals surface area contributed by atoms with E-state index >= 15 is 0 Å². The zero-order valence-electron chi connectivity index (χ0n) is 13.8. The van der Waals surface area contributed by atoms with Crippen LogP contribution in [-0.4, -0.2) is 20.3 Å². The second-order valence-electron chi connectivity index (χ2n) is 5.75. The predicted molar refractivity (Wildman–Crippen MR) is 92.7 cm³/mol. The molecule has 5 nitrogen and oxygen atoms in total. The Morgan fingerprint density at radius 2 is 2.13 bits per heavy atom. The van der Waals surface area contributed by atoms with Gasteiger partial charge in [0, 0.05) is 19.3 Å². The van der Waals surface area contributed by atoms with Crippen LogP contribution in [0.4, 0.5) is 0 Å². The quantitative estimate of drug-likeness (QED) is 0.740. The summed E-state index contributed by atoms with van der Waals surface area (Å²) in [6.07, 6.45) is 2.77. The number of hydrogen-bond acceptors (Lipinski definition) is 3. The van der Waals surface area contributed by atoms with Gasteiger partial charge in [0.25, 0.3) is 5.91 Å². The van der Waals surface area contributed by atoms with E-state index in [1.54, 1.807) is 10.7 Å². The van der Waals surface area contributed by atoms with Gasteiger partial charge in [-0.1, -0.05) is 30.4 Å². The summed E-state index contributed by atoms with van der Waals surface area (Å²) in [5.41, 5.74) is 2.80. The molecule has 0 atom stereocenters. The van der Waals surface area contributed by atoms with Gasteiger partial charge in [-0.2, -0.15) is 10.1 Å². The molecule has 23 heavy (non-hydrogen) atoms. The van der Waals surface area contributed by atoms with Crippen LogP contribution in [0, 0.1) is 0 Å². The van der Waals surface area contributed by atoms with Gasteiger partial charge in [-0.15, -0.1) is 0 Å². The van der Waals surface area contributed by atoms with Gasteiger partial charge in [0.1, 0.15) is 0 Å². The van der Waals surface area contributed by atoms with Crippen LogP contribution in [0.5, 0.6) is 0 Å². The summed E-state index contributed by atoms with van der Waals surface area (Å²) >= 11 is 1.53. The molecule has 0 aliphatic carbocycles. The lowest BCUT2D eigenvalue weighted by Crippen LogP contribution is -2.14. The zero-order valence-corrected chi connectivity index (χ0v) is 14.6. The van der Waals surface area contributed by atoms with Crippen molar-refractivity contribution in [1.29, 1.82) is 0 Å². The molecular weight excluding hydrogens is 308 g/mol. The molecule has 0 unspecified atom stereocenters. The van der Waals surface area contributed by atoms with E-state index in [0.29, 0.717) is 10.5 Å². The standard InChI is InChI=1S/C17H20N4OS/c1-5-12-7-6-8-14-15(12)20(4)17(23-14)18-16(22)13-9-10-21(19-13)11(2)3/h6-11H,5H2,1-4H3. The highest BCUT2D eigenvalue weighted by Crippen LogP contribution is 2.21. The fraction of sp³-hybridized carbons (Fsp3) is 0.353. The molecule has 0 spiro atoms. The molecule has 0 saturated carbocycles. The summed E-state index contributed by atoms with van der Waals surface area (Å²) in [5.74, 6) is -0.301. The smallest absolute Gasteiger partial charge is 0.300 e. The average Bonchev–Trinajstić information content (AvgIpc) is 3.13. The first-order valence-electron chi connectivity index (χ1n) is 7.73. The number of amides is 1. The number of nitrogens with zero attached hydrogens (tertiary/aromatic N) is 4. The second-order valence-corrected chi connectivity index (χ2v) is 6.76. The SMILES string of the molecule is CCc1cccc2sc(=NC(=O)c3ccn(C(C)C)n3)n(C)c12. The monoisotopic (exact) mass is 328 g/mol. The van der Waals surface area contributed by atoms with E-state index in [9.17, 15) is 4.79 Å². The maximum Gasteiger partial charge on any atom is 0.300 e. The molecular formula is C17H20N4OS.